The van der Waals surface area contributed by atoms with Gasteiger partial charge in [0.25, 0.3) is 11.8 Å². The van der Waals surface area contributed by atoms with Gasteiger partial charge in [-0.1, -0.05) is 47.5 Å². The number of piperazine rings is 1. The Morgan fingerprint density at radius 1 is 0.667 bits per heavy atom. The van der Waals surface area contributed by atoms with Crippen LogP contribution in [0.2, 0.25) is 10.0 Å². The molecule has 0 aliphatic carbocycles. The molecule has 0 N–H and O–H groups in total. The minimum atomic E-state index is -1.25. The first-order valence-electron chi connectivity index (χ1n) is 9.47. The Labute approximate surface area is 186 Å². The molecule has 30 heavy (non-hydrogen) atoms. The third-order valence-electron chi connectivity index (χ3n) is 4.98. The summed E-state index contributed by atoms with van der Waals surface area (Å²) in [7, 11) is 0. The lowest BCUT2D eigenvalue weighted by Crippen LogP contribution is -2.72. The Morgan fingerprint density at radius 3 is 1.27 bits per heavy atom. The summed E-state index contributed by atoms with van der Waals surface area (Å²) in [5, 5.41) is 3.51. The number of rotatable bonds is 6. The number of halogens is 2. The van der Waals surface area contributed by atoms with Gasteiger partial charge in [0, 0.05) is 10.0 Å². The van der Waals surface area contributed by atoms with Crippen LogP contribution in [-0.2, 0) is 32.5 Å². The van der Waals surface area contributed by atoms with Crippen LogP contribution in [0.1, 0.15) is 38.8 Å². The number of hydrogen-bond donors (Lipinski definition) is 0. The van der Waals surface area contributed by atoms with E-state index in [2.05, 4.69) is 0 Å². The van der Waals surface area contributed by atoms with Crippen LogP contribution in [0.4, 0.5) is 0 Å². The molecular formula is C22H24Cl2N2O4. The predicted molar refractivity (Wildman–Crippen MR) is 114 cm³/mol. The van der Waals surface area contributed by atoms with Crippen LogP contribution in [0.3, 0.4) is 0 Å². The van der Waals surface area contributed by atoms with E-state index in [0.717, 1.165) is 21.3 Å². The fourth-order valence-corrected chi connectivity index (χ4v) is 3.31. The summed E-state index contributed by atoms with van der Waals surface area (Å²) < 4.78 is 0. The van der Waals surface area contributed by atoms with E-state index in [0.29, 0.717) is 10.0 Å². The molecular weight excluding hydrogens is 427 g/mol. The molecule has 1 aliphatic heterocycles. The van der Waals surface area contributed by atoms with Gasteiger partial charge in [-0.05, 0) is 63.1 Å². The van der Waals surface area contributed by atoms with Crippen molar-refractivity contribution in [1.29, 1.82) is 0 Å². The molecule has 0 saturated carbocycles. The van der Waals surface area contributed by atoms with Crippen molar-refractivity contribution in [3.8, 4) is 0 Å². The van der Waals surface area contributed by atoms with E-state index in [4.69, 9.17) is 32.9 Å². The van der Waals surface area contributed by atoms with Gasteiger partial charge in [-0.25, -0.2) is 10.1 Å². The normalized spacial score (nSPS) is 18.1. The van der Waals surface area contributed by atoms with E-state index in [9.17, 15) is 9.59 Å². The highest BCUT2D eigenvalue weighted by Crippen LogP contribution is 2.34. The number of benzene rings is 2. The molecule has 2 aromatic rings. The first-order chi connectivity index (χ1) is 14.0. The van der Waals surface area contributed by atoms with Crippen LogP contribution < -0.4 is 0 Å². The topological polar surface area (TPSA) is 59.1 Å². The van der Waals surface area contributed by atoms with Crippen LogP contribution in [0.5, 0.6) is 0 Å². The van der Waals surface area contributed by atoms with Crippen molar-refractivity contribution in [3.63, 3.8) is 0 Å². The zero-order valence-electron chi connectivity index (χ0n) is 17.3. The van der Waals surface area contributed by atoms with Gasteiger partial charge in [0.1, 0.15) is 24.3 Å². The lowest BCUT2D eigenvalue weighted by atomic mass is 9.91. The van der Waals surface area contributed by atoms with Crippen molar-refractivity contribution in [2.45, 2.75) is 52.0 Å². The second-order valence-corrected chi connectivity index (χ2v) is 8.99. The average molecular weight is 451 g/mol. The molecule has 8 heteroatoms. The third-order valence-corrected chi connectivity index (χ3v) is 5.48. The van der Waals surface area contributed by atoms with E-state index in [1.165, 1.54) is 0 Å². The zero-order chi connectivity index (χ0) is 22.1. The maximum Gasteiger partial charge on any atom is 0.275 e. The van der Waals surface area contributed by atoms with E-state index in [1.54, 1.807) is 76.2 Å². The maximum atomic E-state index is 13.2. The number of hydrogen-bond acceptors (Lipinski definition) is 4. The van der Waals surface area contributed by atoms with Crippen molar-refractivity contribution in [3.05, 3.63) is 69.7 Å². The lowest BCUT2D eigenvalue weighted by Gasteiger charge is -2.50. The minimum Gasteiger partial charge on any atom is -0.270 e. The van der Waals surface area contributed by atoms with Gasteiger partial charge in [-0.2, -0.15) is 0 Å². The first kappa shape index (κ1) is 22.6. The van der Waals surface area contributed by atoms with E-state index in [-0.39, 0.29) is 25.0 Å². The standard InChI is InChI=1S/C22H24Cl2N2O4/c1-21(2)19(27)26(30-14-16-7-11-18(24)12-8-16)22(3,4)20(28)25(21)29-13-15-5-9-17(23)10-6-15/h5-12H,13-14H2,1-4H3. The van der Waals surface area contributed by atoms with Crippen molar-refractivity contribution in [2.24, 2.45) is 0 Å². The summed E-state index contributed by atoms with van der Waals surface area (Å²) >= 11 is 11.8. The zero-order valence-corrected chi connectivity index (χ0v) is 18.8. The molecule has 2 aromatic carbocycles. The summed E-state index contributed by atoms with van der Waals surface area (Å²) in [6, 6.07) is 14.2. The fourth-order valence-electron chi connectivity index (χ4n) is 3.06. The minimum absolute atomic E-state index is 0.126. The second kappa shape index (κ2) is 8.55. The van der Waals surface area contributed by atoms with Crippen molar-refractivity contribution < 1.29 is 19.3 Å². The van der Waals surface area contributed by atoms with Crippen molar-refractivity contribution in [2.75, 3.05) is 0 Å². The van der Waals surface area contributed by atoms with Gasteiger partial charge >= 0.3 is 0 Å². The summed E-state index contributed by atoms with van der Waals surface area (Å²) in [5.41, 5.74) is -0.845. The van der Waals surface area contributed by atoms with Gasteiger partial charge in [-0.15, -0.1) is 0 Å². The molecule has 1 saturated heterocycles. The molecule has 0 bridgehead atoms. The Bertz CT molecular complexity index is 850. The summed E-state index contributed by atoms with van der Waals surface area (Å²) in [4.78, 5) is 38.1. The third kappa shape index (κ3) is 4.47. The molecule has 1 fully saturated rings. The first-order valence-corrected chi connectivity index (χ1v) is 10.2. The van der Waals surface area contributed by atoms with Crippen molar-refractivity contribution >= 4 is 35.0 Å². The number of carbonyl (C=O) groups is 2. The van der Waals surface area contributed by atoms with E-state index in [1.807, 2.05) is 0 Å². The molecule has 0 spiro atoms. The second-order valence-electron chi connectivity index (χ2n) is 8.12. The summed E-state index contributed by atoms with van der Waals surface area (Å²) in [6.07, 6.45) is 0. The number of amides is 2. The predicted octanol–water partition coefficient (Wildman–Crippen LogP) is 4.78. The molecule has 0 aromatic heterocycles. The highest BCUT2D eigenvalue weighted by atomic mass is 35.5. The molecule has 2 amide bonds. The van der Waals surface area contributed by atoms with Crippen LogP contribution in [0, 0.1) is 0 Å². The number of hydroxylamine groups is 4. The lowest BCUT2D eigenvalue weighted by molar-refractivity contribution is -0.286. The molecule has 160 valence electrons. The van der Waals surface area contributed by atoms with Crippen LogP contribution in [-0.4, -0.2) is 33.0 Å². The largest absolute Gasteiger partial charge is 0.275 e. The highest BCUT2D eigenvalue weighted by molar-refractivity contribution is 6.30. The Morgan fingerprint density at radius 2 is 0.967 bits per heavy atom. The van der Waals surface area contributed by atoms with Gasteiger partial charge in [0.2, 0.25) is 0 Å². The SMILES string of the molecule is CC1(C)C(=O)N(OCc2ccc(Cl)cc2)C(C)(C)C(=O)N1OCc1ccc(Cl)cc1. The molecule has 1 heterocycles. The van der Waals surface area contributed by atoms with Crippen LogP contribution >= 0.6 is 23.2 Å². The van der Waals surface area contributed by atoms with Crippen LogP contribution in [0.15, 0.2) is 48.5 Å². The highest BCUT2D eigenvalue weighted by Gasteiger charge is 2.57. The summed E-state index contributed by atoms with van der Waals surface area (Å²) in [5.74, 6) is -0.755. The Hall–Kier alpha value is -2.12. The molecule has 0 unspecified atom stereocenters. The van der Waals surface area contributed by atoms with Crippen LogP contribution in [0.25, 0.3) is 0 Å². The van der Waals surface area contributed by atoms with Gasteiger partial charge in [0.05, 0.1) is 0 Å². The summed E-state index contributed by atoms with van der Waals surface area (Å²) in [6.45, 7) is 6.76. The fraction of sp³-hybridized carbons (Fsp3) is 0.364. The molecule has 0 radical (unpaired) electrons. The Balaban J connectivity index is 1.76. The van der Waals surface area contributed by atoms with Gasteiger partial charge in [-0.3, -0.25) is 19.3 Å². The smallest absolute Gasteiger partial charge is 0.270 e. The molecule has 0 atom stereocenters. The average Bonchev–Trinajstić information content (AvgIpc) is 2.69. The monoisotopic (exact) mass is 450 g/mol. The molecule has 6 nitrogen and oxygen atoms in total. The number of carbonyl (C=O) groups excluding carboxylic acids is 2. The van der Waals surface area contributed by atoms with Crippen molar-refractivity contribution in [1.82, 2.24) is 10.1 Å². The number of nitrogens with zero attached hydrogens (tertiary/aromatic N) is 2. The molecule has 1 aliphatic rings. The van der Waals surface area contributed by atoms with E-state index >= 15 is 0 Å². The molecule has 3 rings (SSSR count). The maximum absolute atomic E-state index is 13.2. The van der Waals surface area contributed by atoms with Gasteiger partial charge in [0.15, 0.2) is 0 Å². The van der Waals surface area contributed by atoms with E-state index < -0.39 is 11.1 Å². The Kier molecular flexibility index (Phi) is 6.43. The quantitative estimate of drug-likeness (QED) is 0.634. The van der Waals surface area contributed by atoms with Gasteiger partial charge < -0.3 is 0 Å².